The molecule has 1 aromatic heterocycles. The first-order chi connectivity index (χ1) is 11.1. The smallest absolute Gasteiger partial charge is 0.223 e. The zero-order valence-corrected chi connectivity index (χ0v) is 13.9. The molecule has 0 bridgehead atoms. The molecule has 6 nitrogen and oxygen atoms in total. The molecule has 0 saturated carbocycles. The highest BCUT2D eigenvalue weighted by Crippen LogP contribution is 2.26. The molecule has 0 unspecified atom stereocenters. The number of terminal acetylenes is 1. The van der Waals surface area contributed by atoms with Gasteiger partial charge in [0.1, 0.15) is 6.61 Å². The van der Waals surface area contributed by atoms with Crippen molar-refractivity contribution in [2.24, 2.45) is 11.8 Å². The van der Waals surface area contributed by atoms with E-state index in [1.165, 1.54) is 0 Å². The minimum absolute atomic E-state index is 0.111. The molecular weight excluding hydrogens is 294 g/mol. The van der Waals surface area contributed by atoms with Gasteiger partial charge in [-0.1, -0.05) is 11.1 Å². The van der Waals surface area contributed by atoms with Crippen molar-refractivity contribution in [1.29, 1.82) is 0 Å². The van der Waals surface area contributed by atoms with Crippen LogP contribution in [0.15, 0.2) is 10.6 Å². The summed E-state index contributed by atoms with van der Waals surface area (Å²) in [6.07, 6.45) is 7.60. The van der Waals surface area contributed by atoms with Crippen LogP contribution < -0.4 is 5.32 Å². The lowest BCUT2D eigenvalue weighted by Crippen LogP contribution is -2.40. The molecule has 1 saturated heterocycles. The van der Waals surface area contributed by atoms with E-state index in [1.807, 2.05) is 6.07 Å². The molecule has 23 heavy (non-hydrogen) atoms. The number of amides is 1. The summed E-state index contributed by atoms with van der Waals surface area (Å²) in [6.45, 7) is 2.62. The van der Waals surface area contributed by atoms with Crippen molar-refractivity contribution < 1.29 is 14.1 Å². The van der Waals surface area contributed by atoms with Crippen molar-refractivity contribution in [3.05, 3.63) is 17.5 Å². The van der Waals surface area contributed by atoms with E-state index < -0.39 is 0 Å². The number of ether oxygens (including phenoxy) is 1. The maximum Gasteiger partial charge on any atom is 0.223 e. The Morgan fingerprint density at radius 2 is 2.43 bits per heavy atom. The first kappa shape index (κ1) is 17.5. The normalized spacial score (nSPS) is 20.9. The van der Waals surface area contributed by atoms with Crippen LogP contribution in [-0.4, -0.2) is 49.8 Å². The molecule has 126 valence electrons. The van der Waals surface area contributed by atoms with Crippen LogP contribution in [0.5, 0.6) is 0 Å². The Kier molecular flexibility index (Phi) is 6.63. The van der Waals surface area contributed by atoms with Gasteiger partial charge in [0.05, 0.1) is 12.2 Å². The fraction of sp³-hybridized carbons (Fsp3) is 0.647. The Labute approximate surface area is 137 Å². The van der Waals surface area contributed by atoms with E-state index in [2.05, 4.69) is 16.4 Å². The number of carbonyl (C=O) groups excluding carboxylic acids is 1. The van der Waals surface area contributed by atoms with Crippen LogP contribution in [0, 0.1) is 24.2 Å². The molecule has 0 radical (unpaired) electrons. The second-order valence-corrected chi connectivity index (χ2v) is 6.09. The Hall–Kier alpha value is -1.84. The molecule has 6 heteroatoms. The number of piperidine rings is 1. The van der Waals surface area contributed by atoms with Crippen LogP contribution >= 0.6 is 0 Å². The van der Waals surface area contributed by atoms with Crippen LogP contribution in [0.3, 0.4) is 0 Å². The number of carbonyl (C=O) groups is 1. The lowest BCUT2D eigenvalue weighted by molar-refractivity contribution is -0.131. The average Bonchev–Trinajstić information content (AvgIpc) is 2.97. The average molecular weight is 319 g/mol. The molecule has 1 aliphatic rings. The summed E-state index contributed by atoms with van der Waals surface area (Å²) in [5.74, 6) is 4.06. The van der Waals surface area contributed by atoms with Crippen molar-refractivity contribution in [2.75, 3.05) is 33.8 Å². The van der Waals surface area contributed by atoms with Gasteiger partial charge < -0.3 is 19.5 Å². The molecular formula is C17H25N3O3. The van der Waals surface area contributed by atoms with Crippen LogP contribution in [-0.2, 0) is 22.6 Å². The third kappa shape index (κ3) is 5.08. The lowest BCUT2D eigenvalue weighted by atomic mass is 9.81. The molecule has 1 N–H and O–H groups in total. The summed E-state index contributed by atoms with van der Waals surface area (Å²) in [7, 11) is 3.38. The number of nitrogens with one attached hydrogen (secondary N) is 1. The van der Waals surface area contributed by atoms with Gasteiger partial charge in [-0.2, -0.15) is 0 Å². The van der Waals surface area contributed by atoms with Crippen LogP contribution in [0.1, 0.15) is 24.3 Å². The zero-order valence-electron chi connectivity index (χ0n) is 13.9. The minimum Gasteiger partial charge on any atom is -0.377 e. The van der Waals surface area contributed by atoms with Gasteiger partial charge in [0.15, 0.2) is 5.76 Å². The van der Waals surface area contributed by atoms with Gasteiger partial charge in [-0.15, -0.1) is 6.42 Å². The topological polar surface area (TPSA) is 67.6 Å². The van der Waals surface area contributed by atoms with Crippen molar-refractivity contribution >= 4 is 5.91 Å². The van der Waals surface area contributed by atoms with Gasteiger partial charge in [0.2, 0.25) is 5.91 Å². The fourth-order valence-corrected chi connectivity index (χ4v) is 3.02. The highest BCUT2D eigenvalue weighted by atomic mass is 16.5. The lowest BCUT2D eigenvalue weighted by Gasteiger charge is -2.32. The molecule has 2 heterocycles. The monoisotopic (exact) mass is 319 g/mol. The number of hydrogen-bond acceptors (Lipinski definition) is 5. The van der Waals surface area contributed by atoms with Gasteiger partial charge in [-0.25, -0.2) is 0 Å². The standard InChI is InChI=1S/C17H25N3O3/c1-4-7-20(2)17(21)9-13-5-6-18-11-14(13)8-15-10-16(12-22-3)23-19-15/h1,10,13-14,18H,5-9,11-12H2,2-3H3/t13-,14+/m1/s1. The van der Waals surface area contributed by atoms with Crippen LogP contribution in [0.2, 0.25) is 0 Å². The number of rotatable bonds is 7. The number of methoxy groups -OCH3 is 1. The molecule has 2 rings (SSSR count). The van der Waals surface area contributed by atoms with Crippen molar-refractivity contribution in [1.82, 2.24) is 15.4 Å². The molecule has 1 amide bonds. The highest BCUT2D eigenvalue weighted by Gasteiger charge is 2.28. The molecule has 2 atom stereocenters. The SMILES string of the molecule is C#CCN(C)C(=O)C[C@H]1CCNC[C@@H]1Cc1cc(COC)on1. The van der Waals surface area contributed by atoms with Gasteiger partial charge >= 0.3 is 0 Å². The summed E-state index contributed by atoms with van der Waals surface area (Å²) < 4.78 is 10.3. The second kappa shape index (κ2) is 8.70. The van der Waals surface area contributed by atoms with E-state index in [0.29, 0.717) is 31.4 Å². The maximum absolute atomic E-state index is 12.2. The Morgan fingerprint density at radius 1 is 1.61 bits per heavy atom. The Balaban J connectivity index is 1.94. The van der Waals surface area contributed by atoms with E-state index in [4.69, 9.17) is 15.7 Å². The summed E-state index contributed by atoms with van der Waals surface area (Å²) >= 11 is 0. The van der Waals surface area contributed by atoms with E-state index in [-0.39, 0.29) is 5.91 Å². The number of nitrogens with zero attached hydrogens (tertiary/aromatic N) is 2. The van der Waals surface area contributed by atoms with E-state index >= 15 is 0 Å². The van der Waals surface area contributed by atoms with Crippen molar-refractivity contribution in [3.8, 4) is 12.3 Å². The van der Waals surface area contributed by atoms with Gasteiger partial charge in [-0.05, 0) is 37.8 Å². The van der Waals surface area contributed by atoms with Gasteiger partial charge in [-0.3, -0.25) is 4.79 Å². The van der Waals surface area contributed by atoms with E-state index in [9.17, 15) is 4.79 Å². The summed E-state index contributed by atoms with van der Waals surface area (Å²) in [5.41, 5.74) is 0.917. The van der Waals surface area contributed by atoms with Gasteiger partial charge in [0, 0.05) is 26.6 Å². The fourth-order valence-electron chi connectivity index (χ4n) is 3.02. The summed E-state index contributed by atoms with van der Waals surface area (Å²) in [5, 5.41) is 7.51. The molecule has 1 aromatic rings. The van der Waals surface area contributed by atoms with E-state index in [0.717, 1.165) is 37.4 Å². The zero-order chi connectivity index (χ0) is 16.7. The quantitative estimate of drug-likeness (QED) is 0.762. The van der Waals surface area contributed by atoms with E-state index in [1.54, 1.807) is 19.1 Å². The first-order valence-electron chi connectivity index (χ1n) is 7.95. The van der Waals surface area contributed by atoms with Crippen LogP contribution in [0.25, 0.3) is 0 Å². The molecule has 1 aliphatic heterocycles. The summed E-state index contributed by atoms with van der Waals surface area (Å²) in [6, 6.07) is 1.93. The molecule has 0 spiro atoms. The Bertz CT molecular complexity index is 550. The predicted octanol–water partition coefficient (Wildman–Crippen LogP) is 1.07. The summed E-state index contributed by atoms with van der Waals surface area (Å²) in [4.78, 5) is 13.9. The minimum atomic E-state index is 0.111. The first-order valence-corrected chi connectivity index (χ1v) is 7.95. The molecule has 1 fully saturated rings. The predicted molar refractivity (Wildman–Crippen MR) is 86.5 cm³/mol. The van der Waals surface area contributed by atoms with Crippen molar-refractivity contribution in [3.63, 3.8) is 0 Å². The Morgan fingerprint density at radius 3 is 3.17 bits per heavy atom. The molecule has 0 aliphatic carbocycles. The van der Waals surface area contributed by atoms with Crippen LogP contribution in [0.4, 0.5) is 0 Å². The van der Waals surface area contributed by atoms with Crippen molar-refractivity contribution in [2.45, 2.75) is 25.9 Å². The maximum atomic E-state index is 12.2. The molecule has 0 aromatic carbocycles. The number of aromatic nitrogens is 1. The largest absolute Gasteiger partial charge is 0.377 e. The second-order valence-electron chi connectivity index (χ2n) is 6.09. The highest BCUT2D eigenvalue weighted by molar-refractivity contribution is 5.76. The third-order valence-corrected chi connectivity index (χ3v) is 4.32. The van der Waals surface area contributed by atoms with Gasteiger partial charge in [0.25, 0.3) is 0 Å². The number of hydrogen-bond donors (Lipinski definition) is 1. The third-order valence-electron chi connectivity index (χ3n) is 4.32.